The summed E-state index contributed by atoms with van der Waals surface area (Å²) in [6.07, 6.45) is -1.33. The van der Waals surface area contributed by atoms with Gasteiger partial charge in [-0.25, -0.2) is 15.0 Å². The first-order valence-corrected chi connectivity index (χ1v) is 14.0. The fraction of sp³-hybridized carbons (Fsp3) is 0.360. The SMILES string of the molecule is Cc1nc(C)c(-c2csc(Nc3ccc(C(=O)N4C5CCC4CN(c4ccc(C(F)(F)F)nn4)C5)cn3)n2)s1. The number of carbonyl (C=O) groups excluding carboxylic acids is 1. The number of carbonyl (C=O) groups is 1. The third-order valence-electron chi connectivity index (χ3n) is 6.87. The van der Waals surface area contributed by atoms with Gasteiger partial charge in [-0.1, -0.05) is 0 Å². The Bertz CT molecular complexity index is 1490. The highest BCUT2D eigenvalue weighted by Gasteiger charge is 2.43. The summed E-state index contributed by atoms with van der Waals surface area (Å²) in [6.45, 7) is 4.91. The van der Waals surface area contributed by atoms with Gasteiger partial charge in [-0.2, -0.15) is 13.2 Å². The zero-order valence-electron chi connectivity index (χ0n) is 20.9. The molecule has 4 aromatic rings. The maximum absolute atomic E-state index is 13.4. The lowest BCUT2D eigenvalue weighted by Crippen LogP contribution is -2.56. The normalized spacial score (nSPS) is 19.0. The summed E-state index contributed by atoms with van der Waals surface area (Å²) in [5.74, 6) is 0.862. The predicted octanol–water partition coefficient (Wildman–Crippen LogP) is 5.32. The molecule has 1 amide bonds. The van der Waals surface area contributed by atoms with Crippen LogP contribution in [-0.4, -0.2) is 61.1 Å². The number of nitrogens with zero attached hydrogens (tertiary/aromatic N) is 7. The molecule has 2 saturated heterocycles. The van der Waals surface area contributed by atoms with Crippen molar-refractivity contribution >= 4 is 45.3 Å². The highest BCUT2D eigenvalue weighted by atomic mass is 32.1. The van der Waals surface area contributed by atoms with Gasteiger partial charge < -0.3 is 15.1 Å². The Morgan fingerprint density at radius 1 is 1.05 bits per heavy atom. The molecule has 2 atom stereocenters. The van der Waals surface area contributed by atoms with Crippen molar-refractivity contribution in [2.45, 2.75) is 44.9 Å². The number of nitrogens with one attached hydrogen (secondary N) is 1. The first kappa shape index (κ1) is 25.6. The molecule has 0 radical (unpaired) electrons. The second-order valence-corrected chi connectivity index (χ2v) is 11.6. The first-order valence-electron chi connectivity index (χ1n) is 12.3. The molecule has 0 aliphatic carbocycles. The molecule has 9 nitrogen and oxygen atoms in total. The zero-order valence-corrected chi connectivity index (χ0v) is 22.6. The minimum Gasteiger partial charge on any atom is -0.351 e. The van der Waals surface area contributed by atoms with Crippen molar-refractivity contribution in [3.8, 4) is 10.6 Å². The quantitative estimate of drug-likeness (QED) is 0.343. The molecule has 14 heteroatoms. The van der Waals surface area contributed by atoms with Gasteiger partial charge in [-0.05, 0) is 51.0 Å². The van der Waals surface area contributed by atoms with Crippen molar-refractivity contribution in [2.24, 2.45) is 0 Å². The number of halogens is 3. The fourth-order valence-electron chi connectivity index (χ4n) is 5.12. The Labute approximate surface area is 229 Å². The van der Waals surface area contributed by atoms with E-state index in [9.17, 15) is 18.0 Å². The summed E-state index contributed by atoms with van der Waals surface area (Å²) >= 11 is 3.08. The average Bonchev–Trinajstić information content (AvgIpc) is 3.58. The number of piperazine rings is 1. The number of pyridine rings is 1. The van der Waals surface area contributed by atoms with Gasteiger partial charge in [0.15, 0.2) is 16.6 Å². The van der Waals surface area contributed by atoms with Crippen molar-refractivity contribution in [3.63, 3.8) is 0 Å². The zero-order chi connectivity index (χ0) is 27.3. The minimum atomic E-state index is -4.53. The van der Waals surface area contributed by atoms with Gasteiger partial charge in [0.1, 0.15) is 5.82 Å². The maximum atomic E-state index is 13.4. The van der Waals surface area contributed by atoms with Crippen LogP contribution in [0.4, 0.5) is 29.9 Å². The molecule has 2 aliphatic heterocycles. The number of rotatable bonds is 5. The van der Waals surface area contributed by atoms with Crippen LogP contribution in [0, 0.1) is 13.8 Å². The van der Waals surface area contributed by atoms with Crippen LogP contribution in [0.1, 0.15) is 39.6 Å². The van der Waals surface area contributed by atoms with Gasteiger partial charge in [-0.15, -0.1) is 32.9 Å². The number of hydrogen-bond donors (Lipinski definition) is 1. The molecule has 0 saturated carbocycles. The van der Waals surface area contributed by atoms with Crippen LogP contribution in [0.5, 0.6) is 0 Å². The van der Waals surface area contributed by atoms with E-state index in [1.54, 1.807) is 29.7 Å². The predicted molar refractivity (Wildman–Crippen MR) is 142 cm³/mol. The topological polar surface area (TPSA) is 100 Å². The standard InChI is InChI=1S/C25H23F3N8OS2/c1-13-22(39-14(2)30-13)18-12-38-24(31-18)32-20-7-3-15(9-29-20)23(37)36-16-4-5-17(36)11-35(10-16)21-8-6-19(33-34-21)25(26,27)28/h3,6-9,12,16-17H,4-5,10-11H2,1-2H3,(H,29,31,32). The smallest absolute Gasteiger partial charge is 0.351 e. The molecule has 39 heavy (non-hydrogen) atoms. The molecule has 6 heterocycles. The summed E-state index contributed by atoms with van der Waals surface area (Å²) in [5.41, 5.74) is 1.29. The fourth-order valence-corrected chi connectivity index (χ4v) is 6.79. The Morgan fingerprint density at radius 2 is 1.82 bits per heavy atom. The van der Waals surface area contributed by atoms with E-state index in [2.05, 4.69) is 30.5 Å². The number of amides is 1. The molecule has 4 aromatic heterocycles. The van der Waals surface area contributed by atoms with Crippen molar-refractivity contribution in [2.75, 3.05) is 23.3 Å². The second-order valence-electron chi connectivity index (χ2n) is 9.52. The molecule has 2 bridgehead atoms. The van der Waals surface area contributed by atoms with Crippen LogP contribution in [0.3, 0.4) is 0 Å². The molecule has 0 spiro atoms. The number of thiazole rings is 2. The minimum absolute atomic E-state index is 0.0641. The summed E-state index contributed by atoms with van der Waals surface area (Å²) in [6, 6.07) is 5.66. The van der Waals surface area contributed by atoms with E-state index < -0.39 is 11.9 Å². The number of alkyl halides is 3. The monoisotopic (exact) mass is 572 g/mol. The highest BCUT2D eigenvalue weighted by molar-refractivity contribution is 7.16. The third-order valence-corrected chi connectivity index (χ3v) is 8.72. The lowest BCUT2D eigenvalue weighted by Gasteiger charge is -2.41. The Hall–Kier alpha value is -3.65. The lowest BCUT2D eigenvalue weighted by molar-refractivity contribution is -0.141. The molecule has 0 aromatic carbocycles. The van der Waals surface area contributed by atoms with Gasteiger partial charge in [0.05, 0.1) is 38.9 Å². The number of anilines is 3. The Balaban J connectivity index is 1.11. The van der Waals surface area contributed by atoms with E-state index in [1.807, 2.05) is 29.0 Å². The van der Waals surface area contributed by atoms with Crippen molar-refractivity contribution in [3.05, 3.63) is 57.8 Å². The van der Waals surface area contributed by atoms with E-state index in [-0.39, 0.29) is 18.0 Å². The van der Waals surface area contributed by atoms with E-state index in [0.29, 0.717) is 35.4 Å². The largest absolute Gasteiger partial charge is 0.435 e. The molecular weight excluding hydrogens is 549 g/mol. The third kappa shape index (κ3) is 5.05. The maximum Gasteiger partial charge on any atom is 0.435 e. The Kier molecular flexibility index (Phi) is 6.46. The summed E-state index contributed by atoms with van der Waals surface area (Å²) in [7, 11) is 0. The van der Waals surface area contributed by atoms with E-state index >= 15 is 0 Å². The number of aromatic nitrogens is 5. The summed E-state index contributed by atoms with van der Waals surface area (Å²) < 4.78 is 38.5. The number of hydrogen-bond acceptors (Lipinski definition) is 10. The molecule has 2 fully saturated rings. The van der Waals surface area contributed by atoms with E-state index in [0.717, 1.165) is 40.2 Å². The van der Waals surface area contributed by atoms with Gasteiger partial charge in [-0.3, -0.25) is 4.79 Å². The average molecular weight is 573 g/mol. The van der Waals surface area contributed by atoms with Crippen LogP contribution in [-0.2, 0) is 6.18 Å². The van der Waals surface area contributed by atoms with Crippen molar-refractivity contribution in [1.29, 1.82) is 0 Å². The van der Waals surface area contributed by atoms with Crippen LogP contribution in [0.15, 0.2) is 35.8 Å². The van der Waals surface area contributed by atoms with Gasteiger partial charge >= 0.3 is 6.18 Å². The molecule has 202 valence electrons. The first-order chi connectivity index (χ1) is 18.7. The number of aryl methyl sites for hydroxylation is 2. The summed E-state index contributed by atoms with van der Waals surface area (Å²) in [4.78, 5) is 31.8. The van der Waals surface area contributed by atoms with Crippen molar-refractivity contribution < 1.29 is 18.0 Å². The highest BCUT2D eigenvalue weighted by Crippen LogP contribution is 2.35. The molecule has 1 N–H and O–H groups in total. The molecule has 2 unspecified atom stereocenters. The van der Waals surface area contributed by atoms with Crippen LogP contribution in [0.2, 0.25) is 0 Å². The van der Waals surface area contributed by atoms with Crippen molar-refractivity contribution in [1.82, 2.24) is 30.0 Å². The van der Waals surface area contributed by atoms with Crippen LogP contribution in [0.25, 0.3) is 10.6 Å². The van der Waals surface area contributed by atoms with Crippen LogP contribution >= 0.6 is 22.7 Å². The van der Waals surface area contributed by atoms with E-state index in [4.69, 9.17) is 0 Å². The molecule has 6 rings (SSSR count). The van der Waals surface area contributed by atoms with Gasteiger partial charge in [0.2, 0.25) is 0 Å². The molecule has 2 aliphatic rings. The van der Waals surface area contributed by atoms with Gasteiger partial charge in [0.25, 0.3) is 5.91 Å². The number of fused-ring (bicyclic) bond motifs is 2. The molecular formula is C25H23F3N8OS2. The van der Waals surface area contributed by atoms with Gasteiger partial charge in [0, 0.05) is 24.7 Å². The second kappa shape index (κ2) is 9.83. The summed E-state index contributed by atoms with van der Waals surface area (Å²) in [5, 5.41) is 14.0. The van der Waals surface area contributed by atoms with Crippen LogP contribution < -0.4 is 10.2 Å². The lowest BCUT2D eigenvalue weighted by atomic mass is 10.1. The van der Waals surface area contributed by atoms with E-state index in [1.165, 1.54) is 17.4 Å². The Morgan fingerprint density at radius 3 is 2.41 bits per heavy atom.